The van der Waals surface area contributed by atoms with Crippen LogP contribution in [0.2, 0.25) is 0 Å². The molecule has 9 nitrogen and oxygen atoms in total. The average Bonchev–Trinajstić information content (AvgIpc) is 3.46. The number of hydrogen-bond acceptors (Lipinski definition) is 8. The Morgan fingerprint density at radius 3 is 2.32 bits per heavy atom. The molecule has 1 amide bonds. The fourth-order valence-electron chi connectivity index (χ4n) is 5.19. The highest BCUT2D eigenvalue weighted by Crippen LogP contribution is 2.30. The molecular formula is C32H45N5O4. The van der Waals surface area contributed by atoms with Gasteiger partial charge in [-0.3, -0.25) is 4.79 Å². The molecule has 1 aliphatic heterocycles. The van der Waals surface area contributed by atoms with Crippen molar-refractivity contribution in [2.24, 2.45) is 11.7 Å². The quantitative estimate of drug-likeness (QED) is 0.392. The van der Waals surface area contributed by atoms with Crippen molar-refractivity contribution < 1.29 is 18.9 Å². The van der Waals surface area contributed by atoms with E-state index in [9.17, 15) is 4.79 Å². The molecule has 5 rings (SSSR count). The van der Waals surface area contributed by atoms with Gasteiger partial charge in [-0.2, -0.15) is 4.98 Å². The lowest BCUT2D eigenvalue weighted by Gasteiger charge is -2.32. The van der Waals surface area contributed by atoms with E-state index in [4.69, 9.17) is 19.1 Å². The van der Waals surface area contributed by atoms with Crippen LogP contribution in [-0.4, -0.2) is 61.2 Å². The number of nitrogens with two attached hydrogens (primary N) is 1. The van der Waals surface area contributed by atoms with Crippen molar-refractivity contribution in [2.75, 3.05) is 26.7 Å². The standard InChI is InChI=1S/C29H36N4O2.CH5N.2CH2O/c1-21-7-5-8-22(19-21)20-27-31-29(35-32-27)25-13-16-33(17-14-25)18-15-26(23-9-3-2-4-10-23)30-28(34)24-11-6-12-24;3*1-2/h2-5,7-10,19,24-26H,6,11-18,20H2,1H3,(H,30,34);2H2,1H3;2*1H2. The van der Waals surface area contributed by atoms with E-state index in [0.29, 0.717) is 12.3 Å². The summed E-state index contributed by atoms with van der Waals surface area (Å²) in [5.41, 5.74) is 8.15. The zero-order chi connectivity index (χ0) is 30.0. The minimum absolute atomic E-state index is 0.0714. The number of aryl methyl sites for hydroxylation is 1. The second-order valence-electron chi connectivity index (χ2n) is 10.2. The van der Waals surface area contributed by atoms with Gasteiger partial charge in [-0.1, -0.05) is 71.7 Å². The fraction of sp³-hybridized carbons (Fsp3) is 0.469. The molecule has 1 aromatic heterocycles. The van der Waals surface area contributed by atoms with Crippen molar-refractivity contribution >= 4 is 19.5 Å². The van der Waals surface area contributed by atoms with Crippen molar-refractivity contribution in [3.63, 3.8) is 0 Å². The van der Waals surface area contributed by atoms with Gasteiger partial charge in [0, 0.05) is 24.8 Å². The molecule has 0 radical (unpaired) electrons. The molecule has 2 heterocycles. The normalized spacial score (nSPS) is 15.9. The number of nitrogens with zero attached hydrogens (tertiary/aromatic N) is 3. The zero-order valence-corrected chi connectivity index (χ0v) is 24.5. The molecule has 222 valence electrons. The molecule has 1 unspecified atom stereocenters. The van der Waals surface area contributed by atoms with Gasteiger partial charge in [0.1, 0.15) is 13.6 Å². The van der Waals surface area contributed by atoms with Crippen molar-refractivity contribution in [1.82, 2.24) is 20.4 Å². The average molecular weight is 564 g/mol. The van der Waals surface area contributed by atoms with Crippen molar-refractivity contribution in [3.8, 4) is 0 Å². The Morgan fingerprint density at radius 1 is 1.02 bits per heavy atom. The van der Waals surface area contributed by atoms with Gasteiger partial charge in [0.25, 0.3) is 0 Å². The highest BCUT2D eigenvalue weighted by molar-refractivity contribution is 5.79. The summed E-state index contributed by atoms with van der Waals surface area (Å²) >= 11 is 0. The first kappa shape index (κ1) is 33.5. The molecule has 1 saturated heterocycles. The Kier molecular flexibility index (Phi) is 15.2. The maximum Gasteiger partial charge on any atom is 0.229 e. The molecule has 2 fully saturated rings. The number of benzene rings is 2. The van der Waals surface area contributed by atoms with Crippen LogP contribution in [0.1, 0.15) is 78.9 Å². The second-order valence-corrected chi connectivity index (χ2v) is 10.2. The zero-order valence-electron chi connectivity index (χ0n) is 24.5. The van der Waals surface area contributed by atoms with Crippen LogP contribution in [-0.2, 0) is 20.8 Å². The Hall–Kier alpha value is -3.69. The number of carbonyl (C=O) groups is 3. The third-order valence-corrected chi connectivity index (χ3v) is 7.59. The van der Waals surface area contributed by atoms with Crippen molar-refractivity contribution in [3.05, 3.63) is 83.0 Å². The summed E-state index contributed by atoms with van der Waals surface area (Å²) in [6, 6.07) is 18.9. The molecule has 2 aromatic carbocycles. The minimum atomic E-state index is 0.0714. The third kappa shape index (κ3) is 10.3. The smallest absolute Gasteiger partial charge is 0.229 e. The first-order chi connectivity index (χ1) is 20.1. The summed E-state index contributed by atoms with van der Waals surface area (Å²) in [7, 11) is 1.50. The molecule has 0 bridgehead atoms. The predicted octanol–water partition coefficient (Wildman–Crippen LogP) is 4.40. The molecular weight excluding hydrogens is 518 g/mol. The number of piperidine rings is 1. The largest absolute Gasteiger partial charge is 0.349 e. The lowest BCUT2D eigenvalue weighted by Crippen LogP contribution is -2.39. The minimum Gasteiger partial charge on any atom is -0.349 e. The molecule has 1 saturated carbocycles. The fourth-order valence-corrected chi connectivity index (χ4v) is 5.19. The first-order valence-electron chi connectivity index (χ1n) is 14.3. The maximum atomic E-state index is 12.6. The number of aromatic nitrogens is 2. The number of rotatable bonds is 9. The van der Waals surface area contributed by atoms with Crippen LogP contribution < -0.4 is 11.1 Å². The van der Waals surface area contributed by atoms with Gasteiger partial charge in [-0.05, 0) is 70.3 Å². The Morgan fingerprint density at radius 2 is 1.71 bits per heavy atom. The van der Waals surface area contributed by atoms with E-state index in [1.54, 1.807) is 0 Å². The summed E-state index contributed by atoms with van der Waals surface area (Å²) in [6.45, 7) is 9.10. The molecule has 3 aromatic rings. The predicted molar refractivity (Wildman–Crippen MR) is 160 cm³/mol. The summed E-state index contributed by atoms with van der Waals surface area (Å²) in [6.07, 6.45) is 6.92. The second kappa shape index (κ2) is 18.6. The van der Waals surface area contributed by atoms with Crippen LogP contribution in [0, 0.1) is 12.8 Å². The Labute approximate surface area is 243 Å². The van der Waals surface area contributed by atoms with E-state index in [1.165, 1.54) is 30.2 Å². The van der Waals surface area contributed by atoms with E-state index in [0.717, 1.165) is 63.5 Å². The SMILES string of the molecule is C=O.C=O.CN.Cc1cccc(Cc2noc(C3CCN(CCC(NC(=O)C4CCC4)c4ccccc4)CC3)n2)c1. The van der Waals surface area contributed by atoms with Crippen molar-refractivity contribution in [2.45, 2.75) is 63.8 Å². The summed E-state index contributed by atoms with van der Waals surface area (Å²) in [5.74, 6) is 2.31. The van der Waals surface area contributed by atoms with E-state index in [-0.39, 0.29) is 17.9 Å². The van der Waals surface area contributed by atoms with Gasteiger partial charge in [0.2, 0.25) is 11.8 Å². The Balaban J connectivity index is 0.000000921. The molecule has 3 N–H and O–H groups in total. The van der Waals surface area contributed by atoms with Crippen LogP contribution in [0.5, 0.6) is 0 Å². The highest BCUT2D eigenvalue weighted by atomic mass is 16.5. The first-order valence-corrected chi connectivity index (χ1v) is 14.3. The lowest BCUT2D eigenvalue weighted by molar-refractivity contribution is -0.128. The Bertz CT molecular complexity index is 1140. The topological polar surface area (TPSA) is 131 Å². The van der Waals surface area contributed by atoms with Crippen LogP contribution in [0.15, 0.2) is 59.1 Å². The lowest BCUT2D eigenvalue weighted by atomic mass is 9.84. The van der Waals surface area contributed by atoms with Crippen LogP contribution in [0.25, 0.3) is 0 Å². The molecule has 1 atom stereocenters. The summed E-state index contributed by atoms with van der Waals surface area (Å²) in [4.78, 5) is 35.9. The van der Waals surface area contributed by atoms with Gasteiger partial charge < -0.3 is 30.1 Å². The van der Waals surface area contributed by atoms with E-state index in [2.05, 4.69) is 76.6 Å². The summed E-state index contributed by atoms with van der Waals surface area (Å²) < 4.78 is 5.65. The molecule has 9 heteroatoms. The number of hydrogen-bond donors (Lipinski definition) is 2. The maximum absolute atomic E-state index is 12.6. The molecule has 2 aliphatic rings. The molecule has 1 aliphatic carbocycles. The van der Waals surface area contributed by atoms with Gasteiger partial charge >= 0.3 is 0 Å². The molecule has 41 heavy (non-hydrogen) atoms. The van der Waals surface area contributed by atoms with E-state index in [1.807, 2.05) is 19.6 Å². The number of carbonyl (C=O) groups excluding carboxylic acids is 3. The molecule has 0 spiro atoms. The third-order valence-electron chi connectivity index (χ3n) is 7.59. The van der Waals surface area contributed by atoms with E-state index < -0.39 is 0 Å². The number of amides is 1. The van der Waals surface area contributed by atoms with E-state index >= 15 is 0 Å². The monoisotopic (exact) mass is 563 g/mol. The van der Waals surface area contributed by atoms with Gasteiger partial charge in [-0.25, -0.2) is 0 Å². The van der Waals surface area contributed by atoms with Crippen LogP contribution in [0.4, 0.5) is 0 Å². The van der Waals surface area contributed by atoms with Crippen LogP contribution >= 0.6 is 0 Å². The van der Waals surface area contributed by atoms with Crippen LogP contribution in [0.3, 0.4) is 0 Å². The summed E-state index contributed by atoms with van der Waals surface area (Å²) in [5, 5.41) is 7.58. The van der Waals surface area contributed by atoms with Crippen molar-refractivity contribution in [1.29, 1.82) is 0 Å². The van der Waals surface area contributed by atoms with Gasteiger partial charge in [-0.15, -0.1) is 0 Å². The van der Waals surface area contributed by atoms with Gasteiger partial charge in [0.05, 0.1) is 6.04 Å². The number of nitrogens with one attached hydrogen (secondary N) is 1. The highest BCUT2D eigenvalue weighted by Gasteiger charge is 2.29. The number of likely N-dealkylation sites (tertiary alicyclic amines) is 1. The van der Waals surface area contributed by atoms with Gasteiger partial charge in [0.15, 0.2) is 5.82 Å².